The Morgan fingerprint density at radius 2 is 1.05 bits per heavy atom. The number of rotatable bonds is 2. The second-order valence-electron chi connectivity index (χ2n) is 10.9. The standard InChI is InChI=1S/C32H24O10/c1-13(33)15-4-9-20-25(29(15)38)24-18(36)8-11-22-28(24)31(3,40-20)12-32(42-22)27-19(37)7-6-17(35)23(27)26-21(41-32)10-5-16(14(2)34)30(26)39/h4-11,35-39H,12H2,1-3H3/t31-,32?/m0/s1. The highest BCUT2D eigenvalue weighted by molar-refractivity contribution is 6.02. The van der Waals surface area contributed by atoms with Crippen molar-refractivity contribution in [3.63, 3.8) is 0 Å². The Morgan fingerprint density at radius 3 is 1.62 bits per heavy atom. The predicted octanol–water partition coefficient (Wildman–Crippen LogP) is 5.59. The van der Waals surface area contributed by atoms with Gasteiger partial charge in [0.15, 0.2) is 11.6 Å². The summed E-state index contributed by atoms with van der Waals surface area (Å²) in [4.78, 5) is 24.4. The Hall–Kier alpha value is -5.38. The van der Waals surface area contributed by atoms with Gasteiger partial charge in [0.2, 0.25) is 0 Å². The van der Waals surface area contributed by atoms with Crippen molar-refractivity contribution in [3.8, 4) is 68.2 Å². The highest BCUT2D eigenvalue weighted by Gasteiger charge is 2.59. The Labute approximate surface area is 238 Å². The van der Waals surface area contributed by atoms with Crippen LogP contribution in [0.3, 0.4) is 0 Å². The number of Topliss-reactive ketones (excluding diaryl/α,β-unsaturated/α-hetero) is 2. The maximum atomic E-state index is 12.2. The Kier molecular flexibility index (Phi) is 4.93. The number of carbonyl (C=O) groups excluding carboxylic acids is 2. The molecule has 4 aromatic rings. The Morgan fingerprint density at radius 1 is 0.595 bits per heavy atom. The van der Waals surface area contributed by atoms with Crippen LogP contribution < -0.4 is 14.2 Å². The van der Waals surface area contributed by atoms with Gasteiger partial charge in [-0.3, -0.25) is 9.59 Å². The number of hydrogen-bond acceptors (Lipinski definition) is 10. The van der Waals surface area contributed by atoms with Crippen molar-refractivity contribution in [2.75, 3.05) is 0 Å². The Balaban J connectivity index is 1.51. The first-order valence-electron chi connectivity index (χ1n) is 13.1. The molecule has 1 unspecified atom stereocenters. The van der Waals surface area contributed by atoms with Gasteiger partial charge in [0.1, 0.15) is 51.6 Å². The van der Waals surface area contributed by atoms with E-state index in [1.807, 2.05) is 0 Å². The largest absolute Gasteiger partial charge is 0.507 e. The van der Waals surface area contributed by atoms with Crippen LogP contribution in [-0.4, -0.2) is 37.1 Å². The van der Waals surface area contributed by atoms with E-state index in [4.69, 9.17) is 14.2 Å². The number of benzene rings is 4. The molecule has 0 amide bonds. The first-order chi connectivity index (χ1) is 19.9. The van der Waals surface area contributed by atoms with Crippen LogP contribution in [0.25, 0.3) is 22.3 Å². The molecule has 10 nitrogen and oxygen atoms in total. The molecule has 7 rings (SSSR count). The zero-order valence-electron chi connectivity index (χ0n) is 22.6. The summed E-state index contributed by atoms with van der Waals surface area (Å²) < 4.78 is 19.5. The fraction of sp³-hybridized carbons (Fsp3) is 0.188. The lowest BCUT2D eigenvalue weighted by Crippen LogP contribution is -2.53. The van der Waals surface area contributed by atoms with E-state index in [9.17, 15) is 35.1 Å². The topological polar surface area (TPSA) is 163 Å². The fourth-order valence-corrected chi connectivity index (χ4v) is 6.52. The zero-order chi connectivity index (χ0) is 29.9. The molecule has 0 aliphatic carbocycles. The molecule has 1 spiro atoms. The molecule has 3 heterocycles. The van der Waals surface area contributed by atoms with Crippen molar-refractivity contribution in [2.24, 2.45) is 0 Å². The average Bonchev–Trinajstić information content (AvgIpc) is 2.91. The van der Waals surface area contributed by atoms with E-state index in [0.717, 1.165) is 0 Å². The van der Waals surface area contributed by atoms with Crippen LogP contribution in [0.5, 0.6) is 46.0 Å². The molecule has 42 heavy (non-hydrogen) atoms. The lowest BCUT2D eigenvalue weighted by atomic mass is 9.74. The summed E-state index contributed by atoms with van der Waals surface area (Å²) in [5.41, 5.74) is -0.509. The van der Waals surface area contributed by atoms with Crippen LogP contribution in [0, 0.1) is 0 Å². The minimum absolute atomic E-state index is 0.000869. The molecule has 3 aliphatic rings. The van der Waals surface area contributed by atoms with Gasteiger partial charge in [-0.25, -0.2) is 0 Å². The third-order valence-corrected chi connectivity index (χ3v) is 8.21. The molecule has 0 aromatic heterocycles. The van der Waals surface area contributed by atoms with Crippen molar-refractivity contribution in [2.45, 2.75) is 38.6 Å². The van der Waals surface area contributed by atoms with Gasteiger partial charge < -0.3 is 39.7 Å². The van der Waals surface area contributed by atoms with E-state index in [0.29, 0.717) is 5.56 Å². The summed E-state index contributed by atoms with van der Waals surface area (Å²) in [5.74, 6) is -3.74. The van der Waals surface area contributed by atoms with E-state index >= 15 is 0 Å². The number of fused-ring (bicyclic) bond motifs is 6. The molecular weight excluding hydrogens is 544 g/mol. The third kappa shape index (κ3) is 3.14. The van der Waals surface area contributed by atoms with Crippen LogP contribution in [-0.2, 0) is 11.4 Å². The SMILES string of the molecule is CC(=O)c1ccc2c(c1O)-c1c(O)ccc(O)c1C1(C[C@]3(C)Oc4ccc(C(C)=O)c(O)c4-c4c(O)ccc(c43)O1)O2. The van der Waals surface area contributed by atoms with Crippen LogP contribution in [0.1, 0.15) is 59.0 Å². The first kappa shape index (κ1) is 25.6. The van der Waals surface area contributed by atoms with Crippen LogP contribution in [0.2, 0.25) is 0 Å². The minimum Gasteiger partial charge on any atom is -0.507 e. The first-order valence-corrected chi connectivity index (χ1v) is 13.1. The number of ketones is 2. The highest BCUT2D eigenvalue weighted by Crippen LogP contribution is 2.65. The lowest BCUT2D eigenvalue weighted by molar-refractivity contribution is -0.181. The van der Waals surface area contributed by atoms with Gasteiger partial charge in [0, 0.05) is 16.7 Å². The molecule has 0 bridgehead atoms. The van der Waals surface area contributed by atoms with Gasteiger partial charge in [-0.05, 0) is 69.3 Å². The van der Waals surface area contributed by atoms with E-state index < -0.39 is 22.9 Å². The maximum absolute atomic E-state index is 12.2. The number of carbonyl (C=O) groups is 2. The van der Waals surface area contributed by atoms with Gasteiger partial charge in [-0.1, -0.05) is 0 Å². The summed E-state index contributed by atoms with van der Waals surface area (Å²) in [6, 6.07) is 11.2. The molecule has 10 heteroatoms. The molecule has 4 aromatic carbocycles. The summed E-state index contributed by atoms with van der Waals surface area (Å²) in [7, 11) is 0. The number of aromatic hydroxyl groups is 5. The number of ether oxygens (including phenoxy) is 3. The monoisotopic (exact) mass is 568 g/mol. The quantitative estimate of drug-likeness (QED) is 0.152. The van der Waals surface area contributed by atoms with E-state index in [2.05, 4.69) is 0 Å². The van der Waals surface area contributed by atoms with E-state index in [1.54, 1.807) is 6.92 Å². The van der Waals surface area contributed by atoms with Crippen molar-refractivity contribution >= 4 is 11.6 Å². The van der Waals surface area contributed by atoms with Gasteiger partial charge in [-0.2, -0.15) is 0 Å². The zero-order valence-corrected chi connectivity index (χ0v) is 22.6. The molecule has 212 valence electrons. The van der Waals surface area contributed by atoms with Gasteiger partial charge in [0.25, 0.3) is 5.79 Å². The molecule has 0 saturated carbocycles. The molecule has 0 fully saturated rings. The molecule has 0 radical (unpaired) electrons. The minimum atomic E-state index is -1.83. The van der Waals surface area contributed by atoms with Crippen LogP contribution >= 0.6 is 0 Å². The lowest BCUT2D eigenvalue weighted by Gasteiger charge is -2.50. The Bertz CT molecular complexity index is 1930. The predicted molar refractivity (Wildman–Crippen MR) is 148 cm³/mol. The van der Waals surface area contributed by atoms with E-state index in [1.165, 1.54) is 62.4 Å². The molecule has 3 aliphatic heterocycles. The van der Waals surface area contributed by atoms with Crippen molar-refractivity contribution < 1.29 is 49.3 Å². The summed E-state index contributed by atoms with van der Waals surface area (Å²) in [5, 5.41) is 55.5. The van der Waals surface area contributed by atoms with Crippen molar-refractivity contribution in [3.05, 3.63) is 70.8 Å². The van der Waals surface area contributed by atoms with Gasteiger partial charge in [0.05, 0.1) is 34.2 Å². The summed E-state index contributed by atoms with van der Waals surface area (Å²) >= 11 is 0. The smallest absolute Gasteiger partial charge is 0.286 e. The average molecular weight is 569 g/mol. The second-order valence-corrected chi connectivity index (χ2v) is 10.9. The molecule has 2 atom stereocenters. The summed E-state index contributed by atoms with van der Waals surface area (Å²) in [6.45, 7) is 4.34. The second kappa shape index (κ2) is 8.10. The molecule has 0 saturated heterocycles. The van der Waals surface area contributed by atoms with Gasteiger partial charge >= 0.3 is 0 Å². The van der Waals surface area contributed by atoms with Crippen LogP contribution in [0.15, 0.2) is 48.5 Å². The van der Waals surface area contributed by atoms with Crippen LogP contribution in [0.4, 0.5) is 0 Å². The normalized spacial score (nSPS) is 20.6. The fourth-order valence-electron chi connectivity index (χ4n) is 6.52. The number of phenolic OH excluding ortho intramolecular Hbond substituents is 5. The third-order valence-electron chi connectivity index (χ3n) is 8.21. The number of phenols is 5. The molecular formula is C32H24O10. The highest BCUT2D eigenvalue weighted by atomic mass is 16.7. The van der Waals surface area contributed by atoms with Gasteiger partial charge in [-0.15, -0.1) is 0 Å². The number of hydrogen-bond donors (Lipinski definition) is 5. The van der Waals surface area contributed by atoms with Crippen molar-refractivity contribution in [1.82, 2.24) is 0 Å². The van der Waals surface area contributed by atoms with E-state index in [-0.39, 0.29) is 91.4 Å². The summed E-state index contributed by atoms with van der Waals surface area (Å²) in [6.07, 6.45) is -0.142. The molecule has 5 N–H and O–H groups in total. The van der Waals surface area contributed by atoms with Crippen molar-refractivity contribution in [1.29, 1.82) is 0 Å². The maximum Gasteiger partial charge on any atom is 0.286 e.